The van der Waals surface area contributed by atoms with Gasteiger partial charge in [-0.3, -0.25) is 9.59 Å². The van der Waals surface area contributed by atoms with Crippen LogP contribution in [0.1, 0.15) is 27.0 Å². The van der Waals surface area contributed by atoms with Crippen molar-refractivity contribution >= 4 is 17.5 Å². The minimum Gasteiger partial charge on any atom is -0.497 e. The number of aliphatic hydroxyl groups is 2. The van der Waals surface area contributed by atoms with E-state index in [4.69, 9.17) is 9.26 Å². The first kappa shape index (κ1) is 34.7. The Hall–Kier alpha value is -6.17. The van der Waals surface area contributed by atoms with Crippen LogP contribution in [0.25, 0.3) is 34.0 Å². The van der Waals surface area contributed by atoms with Gasteiger partial charge in [-0.05, 0) is 71.6 Å². The summed E-state index contributed by atoms with van der Waals surface area (Å²) in [5.41, 5.74) is 6.53. The number of aliphatic hydroxyl groups excluding tert-OH is 1. The molecule has 0 saturated heterocycles. The summed E-state index contributed by atoms with van der Waals surface area (Å²) < 4.78 is 24.8. The van der Waals surface area contributed by atoms with Crippen LogP contribution in [0.2, 0.25) is 0 Å². The van der Waals surface area contributed by atoms with Gasteiger partial charge in [0.25, 0.3) is 11.8 Å². The number of carbonyl (C=O) groups excluding carboxylic acids is 2. The van der Waals surface area contributed by atoms with E-state index in [0.717, 1.165) is 22.3 Å². The number of aromatic nitrogens is 2. The van der Waals surface area contributed by atoms with E-state index in [1.165, 1.54) is 41.8 Å². The van der Waals surface area contributed by atoms with Crippen molar-refractivity contribution in [2.75, 3.05) is 19.0 Å². The average Bonchev–Trinajstić information content (AvgIpc) is 3.63. The van der Waals surface area contributed by atoms with E-state index in [2.05, 4.69) is 46.6 Å². The summed E-state index contributed by atoms with van der Waals surface area (Å²) >= 11 is 0. The molecule has 2 amide bonds. The molecule has 0 atom stereocenters. The SMILES string of the molecule is COc1ccc(CC(=O)Nc2ccc(C(=O)N(Cc3ccc(-c4noc(-c5ccc(-c6ccc(C)cc6)cc5)n4)cc3)CC(O)O)cc2)c(F)c1. The Labute approximate surface area is 293 Å². The minimum atomic E-state index is -1.76. The zero-order chi connectivity index (χ0) is 35.9. The summed E-state index contributed by atoms with van der Waals surface area (Å²) in [5, 5.41) is 26.3. The van der Waals surface area contributed by atoms with Crippen LogP contribution in [0, 0.1) is 12.7 Å². The van der Waals surface area contributed by atoms with Crippen molar-refractivity contribution in [2.45, 2.75) is 26.2 Å². The maximum Gasteiger partial charge on any atom is 0.258 e. The third kappa shape index (κ3) is 8.71. The number of ether oxygens (including phenoxy) is 1. The quantitative estimate of drug-likeness (QED) is 0.122. The molecule has 0 bridgehead atoms. The van der Waals surface area contributed by atoms with Gasteiger partial charge in [0, 0.05) is 35.0 Å². The lowest BCUT2D eigenvalue weighted by Crippen LogP contribution is -2.37. The van der Waals surface area contributed by atoms with Crippen molar-refractivity contribution in [3.63, 3.8) is 0 Å². The Balaban J connectivity index is 1.08. The van der Waals surface area contributed by atoms with Crippen LogP contribution in [-0.2, 0) is 17.8 Å². The van der Waals surface area contributed by atoms with Gasteiger partial charge >= 0.3 is 0 Å². The molecule has 5 aromatic carbocycles. The van der Waals surface area contributed by atoms with Crippen LogP contribution >= 0.6 is 0 Å². The number of rotatable bonds is 12. The number of halogens is 1. The Kier molecular flexibility index (Phi) is 10.6. The zero-order valence-corrected chi connectivity index (χ0v) is 27.9. The number of hydrogen-bond donors (Lipinski definition) is 3. The summed E-state index contributed by atoms with van der Waals surface area (Å²) in [4.78, 5) is 31.8. The van der Waals surface area contributed by atoms with E-state index in [0.29, 0.717) is 28.7 Å². The summed E-state index contributed by atoms with van der Waals surface area (Å²) in [7, 11) is 1.43. The fourth-order valence-electron chi connectivity index (χ4n) is 5.46. The van der Waals surface area contributed by atoms with Crippen molar-refractivity contribution in [3.05, 3.63) is 143 Å². The number of anilines is 1. The third-order valence-electron chi connectivity index (χ3n) is 8.23. The second-order valence-corrected chi connectivity index (χ2v) is 12.0. The summed E-state index contributed by atoms with van der Waals surface area (Å²) in [6, 6.07) is 33.8. The van der Waals surface area contributed by atoms with Crippen LogP contribution in [0.3, 0.4) is 0 Å². The van der Waals surface area contributed by atoms with Crippen molar-refractivity contribution in [2.24, 2.45) is 0 Å². The van der Waals surface area contributed by atoms with Crippen molar-refractivity contribution in [1.29, 1.82) is 0 Å². The van der Waals surface area contributed by atoms with E-state index in [-0.39, 0.29) is 30.6 Å². The second kappa shape index (κ2) is 15.6. The van der Waals surface area contributed by atoms with Crippen molar-refractivity contribution in [1.82, 2.24) is 15.0 Å². The van der Waals surface area contributed by atoms with E-state index in [9.17, 15) is 24.2 Å². The fraction of sp³-hybridized carbons (Fsp3) is 0.150. The number of nitrogens with one attached hydrogen (secondary N) is 1. The molecule has 51 heavy (non-hydrogen) atoms. The largest absolute Gasteiger partial charge is 0.497 e. The minimum absolute atomic E-state index is 0.0907. The molecule has 0 aliphatic carbocycles. The molecule has 11 heteroatoms. The zero-order valence-electron chi connectivity index (χ0n) is 27.9. The molecule has 1 heterocycles. The molecule has 0 spiro atoms. The maximum atomic E-state index is 14.3. The highest BCUT2D eigenvalue weighted by Crippen LogP contribution is 2.27. The van der Waals surface area contributed by atoms with Crippen molar-refractivity contribution in [3.8, 4) is 39.7 Å². The van der Waals surface area contributed by atoms with Gasteiger partial charge in [-0.15, -0.1) is 0 Å². The number of amides is 2. The molecule has 3 N–H and O–H groups in total. The van der Waals surface area contributed by atoms with Gasteiger partial charge in [-0.25, -0.2) is 4.39 Å². The van der Waals surface area contributed by atoms with Gasteiger partial charge in [-0.1, -0.05) is 77.5 Å². The molecule has 0 radical (unpaired) electrons. The van der Waals surface area contributed by atoms with Crippen LogP contribution in [0.4, 0.5) is 10.1 Å². The first-order valence-electron chi connectivity index (χ1n) is 16.1. The summed E-state index contributed by atoms with van der Waals surface area (Å²) in [5.74, 6) is -0.287. The Morgan fingerprint density at radius 2 is 1.47 bits per heavy atom. The molecule has 0 aliphatic heterocycles. The molecule has 258 valence electrons. The number of aryl methyl sites for hydroxylation is 1. The van der Waals surface area contributed by atoms with Crippen LogP contribution < -0.4 is 10.1 Å². The van der Waals surface area contributed by atoms with E-state index < -0.39 is 23.9 Å². The molecule has 0 unspecified atom stereocenters. The Bertz CT molecular complexity index is 2110. The highest BCUT2D eigenvalue weighted by atomic mass is 19.1. The fourth-order valence-corrected chi connectivity index (χ4v) is 5.46. The number of carbonyl (C=O) groups is 2. The van der Waals surface area contributed by atoms with Crippen LogP contribution in [-0.4, -0.2) is 57.0 Å². The van der Waals surface area contributed by atoms with E-state index in [1.54, 1.807) is 42.5 Å². The second-order valence-electron chi connectivity index (χ2n) is 12.0. The van der Waals surface area contributed by atoms with Crippen LogP contribution in [0.15, 0.2) is 120 Å². The lowest BCUT2D eigenvalue weighted by molar-refractivity contribution is -0.115. The molecule has 1 aromatic heterocycles. The molecule has 0 fully saturated rings. The molecule has 0 aliphatic rings. The Morgan fingerprint density at radius 3 is 2.10 bits per heavy atom. The van der Waals surface area contributed by atoms with Crippen LogP contribution in [0.5, 0.6) is 5.75 Å². The molecular formula is C40H35FN4O6. The predicted molar refractivity (Wildman–Crippen MR) is 190 cm³/mol. The first-order valence-corrected chi connectivity index (χ1v) is 16.1. The smallest absolute Gasteiger partial charge is 0.258 e. The highest BCUT2D eigenvalue weighted by molar-refractivity contribution is 5.96. The topological polar surface area (TPSA) is 138 Å². The van der Waals surface area contributed by atoms with E-state index in [1.807, 2.05) is 24.3 Å². The molecule has 6 rings (SSSR count). The number of hydrogen-bond acceptors (Lipinski definition) is 8. The van der Waals surface area contributed by atoms with Gasteiger partial charge in [0.15, 0.2) is 6.29 Å². The summed E-state index contributed by atoms with van der Waals surface area (Å²) in [6.45, 7) is 1.81. The molecule has 6 aromatic rings. The first-order chi connectivity index (χ1) is 24.6. The predicted octanol–water partition coefficient (Wildman–Crippen LogP) is 6.66. The van der Waals surface area contributed by atoms with Crippen molar-refractivity contribution < 1.29 is 33.5 Å². The molecule has 10 nitrogen and oxygen atoms in total. The molecular weight excluding hydrogens is 651 g/mol. The van der Waals surface area contributed by atoms with Gasteiger partial charge in [0.1, 0.15) is 11.6 Å². The van der Waals surface area contributed by atoms with Gasteiger partial charge < -0.3 is 29.7 Å². The number of nitrogens with zero attached hydrogens (tertiary/aromatic N) is 3. The monoisotopic (exact) mass is 686 g/mol. The number of benzene rings is 5. The van der Waals surface area contributed by atoms with Gasteiger partial charge in [-0.2, -0.15) is 4.98 Å². The average molecular weight is 687 g/mol. The highest BCUT2D eigenvalue weighted by Gasteiger charge is 2.20. The van der Waals surface area contributed by atoms with Gasteiger partial charge in [0.2, 0.25) is 11.7 Å². The lowest BCUT2D eigenvalue weighted by atomic mass is 10.0. The standard InChI is InChI=1S/C40H35FN4O6/c1-25-3-7-27(8-4-25)28-11-13-30(14-12-28)39-43-38(44-51-39)29-9-5-26(6-10-29)23-45(24-37(47)48)40(49)31-15-18-33(19-16-31)42-36(46)21-32-17-20-34(50-2)22-35(32)41/h3-20,22,37,47-48H,21,23-24H2,1-2H3,(H,42,46). The maximum absolute atomic E-state index is 14.3. The summed E-state index contributed by atoms with van der Waals surface area (Å²) in [6.07, 6.45) is -1.94. The normalized spacial score (nSPS) is 11.0. The number of methoxy groups -OCH3 is 1. The Morgan fingerprint density at radius 1 is 0.843 bits per heavy atom. The van der Waals surface area contributed by atoms with E-state index >= 15 is 0 Å². The third-order valence-corrected chi connectivity index (χ3v) is 8.23. The lowest BCUT2D eigenvalue weighted by Gasteiger charge is -2.24. The molecule has 0 saturated carbocycles. The van der Waals surface area contributed by atoms with Gasteiger partial charge in [0.05, 0.1) is 20.1 Å².